The molecule has 2 rings (SSSR count). The van der Waals surface area contributed by atoms with E-state index < -0.39 is 23.9 Å². The summed E-state index contributed by atoms with van der Waals surface area (Å²) in [4.78, 5) is 11.2. The molecule has 0 aliphatic carbocycles. The Labute approximate surface area is 105 Å². The molecule has 0 bridgehead atoms. The van der Waals surface area contributed by atoms with Gasteiger partial charge in [0, 0.05) is 5.56 Å². The molecule has 0 saturated heterocycles. The number of halogens is 3. The van der Waals surface area contributed by atoms with Gasteiger partial charge in [-0.2, -0.15) is 0 Å². The molecule has 1 aliphatic heterocycles. The maximum absolute atomic E-state index is 13.8. The lowest BCUT2D eigenvalue weighted by Crippen LogP contribution is -2.55. The van der Waals surface area contributed by atoms with E-state index in [2.05, 4.69) is 15.9 Å². The van der Waals surface area contributed by atoms with E-state index in [0.29, 0.717) is 4.47 Å². The highest BCUT2D eigenvalue weighted by Crippen LogP contribution is 2.49. The number of hydrogen-bond acceptors (Lipinski definition) is 2. The van der Waals surface area contributed by atoms with Gasteiger partial charge in [0.15, 0.2) is 12.0 Å². The van der Waals surface area contributed by atoms with Crippen LogP contribution >= 0.6 is 15.9 Å². The molecule has 17 heavy (non-hydrogen) atoms. The number of carboxylic acid groups (broad SMARTS) is 1. The van der Waals surface area contributed by atoms with Crippen LogP contribution in [0.2, 0.25) is 0 Å². The summed E-state index contributed by atoms with van der Waals surface area (Å²) in [6, 6.07) is 4.47. The summed E-state index contributed by atoms with van der Waals surface area (Å²) in [6.07, 6.45) is 0. The number of fused-ring (bicyclic) bond motifs is 1. The van der Waals surface area contributed by atoms with Crippen LogP contribution in [0.15, 0.2) is 22.7 Å². The van der Waals surface area contributed by atoms with Crippen molar-refractivity contribution < 1.29 is 23.4 Å². The molecule has 1 aromatic carbocycles. The third kappa shape index (κ3) is 1.54. The molecular formula is C11H9BrF2O3. The number of rotatable bonds is 1. The van der Waals surface area contributed by atoms with Gasteiger partial charge < -0.3 is 9.84 Å². The van der Waals surface area contributed by atoms with Gasteiger partial charge in [-0.1, -0.05) is 12.1 Å². The first-order valence-electron chi connectivity index (χ1n) is 4.84. The minimum atomic E-state index is -3.45. The zero-order valence-corrected chi connectivity index (χ0v) is 10.4. The topological polar surface area (TPSA) is 46.5 Å². The fourth-order valence-electron chi connectivity index (χ4n) is 1.83. The van der Waals surface area contributed by atoms with Crippen LogP contribution in [-0.2, 0) is 10.2 Å². The average molecular weight is 307 g/mol. The second kappa shape index (κ2) is 3.66. The third-order valence-corrected chi connectivity index (χ3v) is 3.69. The van der Waals surface area contributed by atoms with Crippen LogP contribution in [0, 0.1) is 0 Å². The van der Waals surface area contributed by atoms with E-state index in [4.69, 9.17) is 9.84 Å². The molecule has 1 unspecified atom stereocenters. The fourth-order valence-corrected chi connectivity index (χ4v) is 2.31. The van der Waals surface area contributed by atoms with Crippen molar-refractivity contribution in [2.24, 2.45) is 0 Å². The van der Waals surface area contributed by atoms with Gasteiger partial charge in [-0.3, -0.25) is 4.79 Å². The van der Waals surface area contributed by atoms with Crippen molar-refractivity contribution >= 4 is 21.9 Å². The van der Waals surface area contributed by atoms with E-state index in [1.165, 1.54) is 12.1 Å². The number of carbonyl (C=O) groups is 1. The van der Waals surface area contributed by atoms with Crippen molar-refractivity contribution in [3.8, 4) is 5.75 Å². The van der Waals surface area contributed by atoms with Gasteiger partial charge in [0.1, 0.15) is 5.75 Å². The third-order valence-electron chi connectivity index (χ3n) is 3.06. The van der Waals surface area contributed by atoms with Gasteiger partial charge in [0.25, 0.3) is 0 Å². The smallest absolute Gasteiger partial charge is 0.320 e. The average Bonchev–Trinajstić information content (AvgIpc) is 2.24. The van der Waals surface area contributed by atoms with Crippen molar-refractivity contribution in [1.82, 2.24) is 0 Å². The Bertz CT molecular complexity index is 490. The van der Waals surface area contributed by atoms with Crippen LogP contribution in [0.3, 0.4) is 0 Å². The van der Waals surface area contributed by atoms with Gasteiger partial charge in [0.2, 0.25) is 0 Å². The van der Waals surface area contributed by atoms with Crippen molar-refractivity contribution in [3.63, 3.8) is 0 Å². The molecule has 1 atom stereocenters. The van der Waals surface area contributed by atoms with E-state index in [9.17, 15) is 13.6 Å². The maximum Gasteiger partial charge on any atom is 0.320 e. The molecule has 0 radical (unpaired) electrons. The quantitative estimate of drug-likeness (QED) is 0.868. The van der Waals surface area contributed by atoms with E-state index in [-0.39, 0.29) is 11.3 Å². The highest BCUT2D eigenvalue weighted by molar-refractivity contribution is 9.10. The van der Waals surface area contributed by atoms with Crippen molar-refractivity contribution in [1.29, 1.82) is 0 Å². The molecule has 6 heteroatoms. The zero-order chi connectivity index (χ0) is 12.8. The Hall–Kier alpha value is -1.17. The lowest BCUT2D eigenvalue weighted by molar-refractivity contribution is -0.170. The second-order valence-electron chi connectivity index (χ2n) is 4.04. The number of benzene rings is 1. The van der Waals surface area contributed by atoms with Crippen LogP contribution in [-0.4, -0.2) is 23.6 Å². The Balaban J connectivity index is 2.73. The van der Waals surface area contributed by atoms with Crippen molar-refractivity contribution in [2.75, 3.05) is 6.61 Å². The molecule has 0 spiro atoms. The zero-order valence-electron chi connectivity index (χ0n) is 8.84. The molecule has 0 amide bonds. The van der Waals surface area contributed by atoms with E-state index in [1.54, 1.807) is 6.07 Å². The summed E-state index contributed by atoms with van der Waals surface area (Å²) in [7, 11) is 0. The van der Waals surface area contributed by atoms with Crippen LogP contribution in [0.4, 0.5) is 8.78 Å². The Kier molecular flexibility index (Phi) is 2.65. The second-order valence-corrected chi connectivity index (χ2v) is 4.89. The van der Waals surface area contributed by atoms with Crippen LogP contribution in [0.5, 0.6) is 5.75 Å². The van der Waals surface area contributed by atoms with Gasteiger partial charge in [-0.25, -0.2) is 8.78 Å². The van der Waals surface area contributed by atoms with Gasteiger partial charge in [-0.05, 0) is 28.9 Å². The van der Waals surface area contributed by atoms with Crippen LogP contribution < -0.4 is 4.74 Å². The lowest BCUT2D eigenvalue weighted by Gasteiger charge is -2.39. The number of para-hydroxylation sites is 1. The monoisotopic (exact) mass is 306 g/mol. The summed E-state index contributed by atoms with van der Waals surface area (Å²) in [6.45, 7) is 0.0779. The fraction of sp³-hybridized carbons (Fsp3) is 0.364. The minimum Gasteiger partial charge on any atom is -0.486 e. The van der Waals surface area contributed by atoms with Crippen molar-refractivity contribution in [2.45, 2.75) is 18.3 Å². The molecule has 1 aromatic rings. The summed E-state index contributed by atoms with van der Waals surface area (Å²) in [5.41, 5.74) is -2.29. The van der Waals surface area contributed by atoms with E-state index in [1.807, 2.05) is 0 Å². The minimum absolute atomic E-state index is 0.0179. The first-order chi connectivity index (χ1) is 7.80. The molecule has 1 heterocycles. The van der Waals surface area contributed by atoms with E-state index in [0.717, 1.165) is 6.92 Å². The standard InChI is InChI=1S/C11H9BrF2O3/c1-10(9(15)16)6-3-2-4-7(12)8(6)17-5-11(10,13)14/h2-4H,5H2,1H3,(H,15,16). The summed E-state index contributed by atoms with van der Waals surface area (Å²) in [5, 5.41) is 9.12. The van der Waals surface area contributed by atoms with Crippen LogP contribution in [0.1, 0.15) is 12.5 Å². The van der Waals surface area contributed by atoms with Crippen molar-refractivity contribution in [3.05, 3.63) is 28.2 Å². The normalized spacial score (nSPS) is 25.9. The lowest BCUT2D eigenvalue weighted by atomic mass is 9.75. The molecule has 1 aliphatic rings. The molecular weight excluding hydrogens is 298 g/mol. The first-order valence-corrected chi connectivity index (χ1v) is 5.63. The largest absolute Gasteiger partial charge is 0.486 e. The number of alkyl halides is 2. The predicted molar refractivity (Wildman–Crippen MR) is 59.6 cm³/mol. The first kappa shape index (κ1) is 12.3. The Morgan fingerprint density at radius 3 is 2.76 bits per heavy atom. The molecule has 92 valence electrons. The summed E-state index contributed by atoms with van der Waals surface area (Å²) in [5.74, 6) is -4.85. The summed E-state index contributed by atoms with van der Waals surface area (Å²) < 4.78 is 33.0. The van der Waals surface area contributed by atoms with E-state index >= 15 is 0 Å². The predicted octanol–water partition coefficient (Wildman–Crippen LogP) is 2.82. The maximum atomic E-state index is 13.8. The number of carboxylic acids is 1. The Morgan fingerprint density at radius 2 is 2.18 bits per heavy atom. The SMILES string of the molecule is CC1(C(=O)O)c2cccc(Br)c2OCC1(F)F. The van der Waals surface area contributed by atoms with Gasteiger partial charge >= 0.3 is 11.9 Å². The molecule has 0 saturated carbocycles. The van der Waals surface area contributed by atoms with Gasteiger partial charge in [-0.15, -0.1) is 0 Å². The summed E-state index contributed by atoms with van der Waals surface area (Å²) >= 11 is 3.16. The highest BCUT2D eigenvalue weighted by atomic mass is 79.9. The van der Waals surface area contributed by atoms with Crippen LogP contribution in [0.25, 0.3) is 0 Å². The number of aliphatic carboxylic acids is 1. The molecule has 0 aromatic heterocycles. The number of hydrogen-bond donors (Lipinski definition) is 1. The number of ether oxygens (including phenoxy) is 1. The Morgan fingerprint density at radius 1 is 1.53 bits per heavy atom. The molecule has 3 nitrogen and oxygen atoms in total. The molecule has 1 N–H and O–H groups in total. The molecule has 0 fully saturated rings. The van der Waals surface area contributed by atoms with Gasteiger partial charge in [0.05, 0.1) is 4.47 Å². The highest BCUT2D eigenvalue weighted by Gasteiger charge is 2.61.